The van der Waals surface area contributed by atoms with Crippen molar-refractivity contribution in [2.45, 2.75) is 46.2 Å². The molecule has 0 radical (unpaired) electrons. The summed E-state index contributed by atoms with van der Waals surface area (Å²) in [6.07, 6.45) is 2.74. The predicted octanol–water partition coefficient (Wildman–Crippen LogP) is 5.97. The Morgan fingerprint density at radius 1 is 1.03 bits per heavy atom. The highest BCUT2D eigenvalue weighted by Gasteiger charge is 2.42. The quantitative estimate of drug-likeness (QED) is 0.292. The molecule has 2 unspecified atom stereocenters. The third-order valence-electron chi connectivity index (χ3n) is 7.28. The molecule has 1 amide bonds. The number of aryl methyl sites for hydroxylation is 3. The van der Waals surface area contributed by atoms with E-state index in [-0.39, 0.29) is 24.5 Å². The van der Waals surface area contributed by atoms with Gasteiger partial charge in [-0.3, -0.25) is 9.78 Å². The molecule has 1 aliphatic heterocycles. The highest BCUT2D eigenvalue weighted by Crippen LogP contribution is 2.41. The number of nitrogens with zero attached hydrogens (tertiary/aromatic N) is 3. The van der Waals surface area contributed by atoms with Gasteiger partial charge in [0, 0.05) is 23.3 Å². The van der Waals surface area contributed by atoms with Crippen molar-refractivity contribution in [1.29, 1.82) is 0 Å². The van der Waals surface area contributed by atoms with E-state index < -0.39 is 0 Å². The average Bonchev–Trinajstić information content (AvgIpc) is 3.39. The van der Waals surface area contributed by atoms with Gasteiger partial charge in [-0.1, -0.05) is 49.4 Å². The van der Waals surface area contributed by atoms with E-state index in [2.05, 4.69) is 72.1 Å². The van der Waals surface area contributed by atoms with Crippen molar-refractivity contribution in [2.75, 3.05) is 11.9 Å². The van der Waals surface area contributed by atoms with Crippen LogP contribution in [0.3, 0.4) is 0 Å². The van der Waals surface area contributed by atoms with Crippen LogP contribution in [0.5, 0.6) is 0 Å². The SMILES string of the molecule is CCc1cccc(C)c1-n1c(C)cc(C2C(c3ccccn3)NC(=S)N2CC(=O)Nc2ccccc2)c1C. The minimum Gasteiger partial charge on any atom is -0.352 e. The largest absolute Gasteiger partial charge is 0.352 e. The maximum atomic E-state index is 13.2. The van der Waals surface area contributed by atoms with Crippen LogP contribution < -0.4 is 10.6 Å². The molecule has 2 aromatic heterocycles. The van der Waals surface area contributed by atoms with Gasteiger partial charge < -0.3 is 20.1 Å². The van der Waals surface area contributed by atoms with E-state index in [1.54, 1.807) is 6.20 Å². The number of carbonyl (C=O) groups is 1. The first-order valence-corrected chi connectivity index (χ1v) is 13.4. The first kappa shape index (κ1) is 25.7. The van der Waals surface area contributed by atoms with E-state index >= 15 is 0 Å². The van der Waals surface area contributed by atoms with Gasteiger partial charge in [0.1, 0.15) is 6.54 Å². The van der Waals surface area contributed by atoms with Crippen LogP contribution in [0.4, 0.5) is 5.69 Å². The molecule has 0 saturated carbocycles. The second kappa shape index (κ2) is 10.8. The van der Waals surface area contributed by atoms with Gasteiger partial charge in [0.15, 0.2) is 5.11 Å². The zero-order valence-corrected chi connectivity index (χ0v) is 23.0. The maximum Gasteiger partial charge on any atom is 0.244 e. The summed E-state index contributed by atoms with van der Waals surface area (Å²) in [5, 5.41) is 7.03. The Kier molecular flexibility index (Phi) is 7.29. The van der Waals surface area contributed by atoms with Crippen LogP contribution in [0, 0.1) is 20.8 Å². The molecule has 194 valence electrons. The molecule has 0 bridgehead atoms. The minimum atomic E-state index is -0.201. The van der Waals surface area contributed by atoms with Gasteiger partial charge >= 0.3 is 0 Å². The molecule has 0 spiro atoms. The van der Waals surface area contributed by atoms with Gasteiger partial charge in [0.05, 0.1) is 23.5 Å². The van der Waals surface area contributed by atoms with E-state index in [1.807, 2.05) is 53.4 Å². The van der Waals surface area contributed by atoms with Gasteiger partial charge in [0.2, 0.25) is 5.91 Å². The topological polar surface area (TPSA) is 62.2 Å². The van der Waals surface area contributed by atoms with E-state index in [1.165, 1.54) is 16.8 Å². The van der Waals surface area contributed by atoms with E-state index in [0.29, 0.717) is 5.11 Å². The van der Waals surface area contributed by atoms with Crippen LogP contribution >= 0.6 is 12.2 Å². The summed E-state index contributed by atoms with van der Waals surface area (Å²) in [4.78, 5) is 19.8. The number of hydrogen-bond donors (Lipinski definition) is 2. The second-order valence-corrected chi connectivity index (χ2v) is 10.2. The Morgan fingerprint density at radius 2 is 1.79 bits per heavy atom. The predicted molar refractivity (Wildman–Crippen MR) is 157 cm³/mol. The number of benzene rings is 2. The van der Waals surface area contributed by atoms with Crippen molar-refractivity contribution in [2.24, 2.45) is 0 Å². The van der Waals surface area contributed by atoms with Gasteiger partial charge in [0.25, 0.3) is 0 Å². The number of para-hydroxylation sites is 2. The van der Waals surface area contributed by atoms with Gasteiger partial charge in [-0.05, 0) is 86.4 Å². The normalized spacial score (nSPS) is 16.9. The van der Waals surface area contributed by atoms with Crippen molar-refractivity contribution in [3.63, 3.8) is 0 Å². The van der Waals surface area contributed by atoms with Crippen molar-refractivity contribution in [3.05, 3.63) is 113 Å². The zero-order valence-electron chi connectivity index (χ0n) is 22.2. The molecule has 38 heavy (non-hydrogen) atoms. The molecule has 7 heteroatoms. The first-order chi connectivity index (χ1) is 18.4. The zero-order chi connectivity index (χ0) is 26.8. The second-order valence-electron chi connectivity index (χ2n) is 9.77. The lowest BCUT2D eigenvalue weighted by Gasteiger charge is -2.28. The molecule has 3 heterocycles. The molecule has 2 N–H and O–H groups in total. The summed E-state index contributed by atoms with van der Waals surface area (Å²) < 4.78 is 2.35. The molecule has 2 aromatic carbocycles. The Morgan fingerprint density at radius 3 is 2.50 bits per heavy atom. The van der Waals surface area contributed by atoms with E-state index in [4.69, 9.17) is 12.2 Å². The summed E-state index contributed by atoms with van der Waals surface area (Å²) in [6, 6.07) is 23.7. The number of amides is 1. The van der Waals surface area contributed by atoms with Crippen molar-refractivity contribution in [3.8, 4) is 5.69 Å². The number of pyridine rings is 1. The van der Waals surface area contributed by atoms with Crippen LogP contribution in [0.25, 0.3) is 5.69 Å². The molecule has 4 aromatic rings. The number of thiocarbonyl (C=S) groups is 1. The lowest BCUT2D eigenvalue weighted by atomic mass is 9.96. The van der Waals surface area contributed by atoms with Crippen LogP contribution in [-0.4, -0.2) is 32.0 Å². The average molecular weight is 524 g/mol. The minimum absolute atomic E-state index is 0.118. The Hall–Kier alpha value is -3.97. The lowest BCUT2D eigenvalue weighted by molar-refractivity contribution is -0.116. The Labute approximate surface area is 229 Å². The fraction of sp³-hybridized carbons (Fsp3) is 0.258. The van der Waals surface area contributed by atoms with Crippen molar-refractivity contribution >= 4 is 28.9 Å². The maximum absolute atomic E-state index is 13.2. The number of hydrogen-bond acceptors (Lipinski definition) is 3. The third kappa shape index (κ3) is 4.82. The monoisotopic (exact) mass is 523 g/mol. The molecule has 5 rings (SSSR count). The van der Waals surface area contributed by atoms with Crippen LogP contribution in [-0.2, 0) is 11.2 Å². The van der Waals surface area contributed by atoms with Gasteiger partial charge in [-0.25, -0.2) is 0 Å². The van der Waals surface area contributed by atoms with Gasteiger partial charge in [-0.15, -0.1) is 0 Å². The third-order valence-corrected chi connectivity index (χ3v) is 7.64. The standard InChI is InChI=1S/C31H33N5OS/c1-5-23-13-11-12-20(2)29(23)36-21(3)18-25(22(36)4)30-28(26-16-9-10-17-32-26)34-31(38)35(30)19-27(37)33-24-14-7-6-8-15-24/h6-18,28,30H,5,19H2,1-4H3,(H,33,37)(H,34,38). The van der Waals surface area contributed by atoms with Crippen molar-refractivity contribution < 1.29 is 4.79 Å². The fourth-order valence-electron chi connectivity index (χ4n) is 5.55. The van der Waals surface area contributed by atoms with E-state index in [9.17, 15) is 4.79 Å². The Balaban J connectivity index is 1.58. The number of nitrogens with one attached hydrogen (secondary N) is 2. The first-order valence-electron chi connectivity index (χ1n) is 13.0. The smallest absolute Gasteiger partial charge is 0.244 e. The molecule has 2 atom stereocenters. The highest BCUT2D eigenvalue weighted by atomic mass is 32.1. The van der Waals surface area contributed by atoms with Crippen LogP contribution in [0.15, 0.2) is 79.0 Å². The van der Waals surface area contributed by atoms with Crippen molar-refractivity contribution in [1.82, 2.24) is 19.8 Å². The number of carbonyl (C=O) groups excluding carboxylic acids is 1. The molecule has 1 fully saturated rings. The molecule has 1 aliphatic rings. The number of rotatable bonds is 7. The summed E-state index contributed by atoms with van der Waals surface area (Å²) in [7, 11) is 0. The summed E-state index contributed by atoms with van der Waals surface area (Å²) in [5.74, 6) is -0.118. The molecule has 0 aliphatic carbocycles. The van der Waals surface area contributed by atoms with E-state index in [0.717, 1.165) is 34.8 Å². The van der Waals surface area contributed by atoms with Crippen LogP contribution in [0.1, 0.15) is 52.8 Å². The lowest BCUT2D eigenvalue weighted by Crippen LogP contribution is -2.37. The number of aromatic nitrogens is 2. The molecule has 6 nitrogen and oxygen atoms in total. The fourth-order valence-corrected chi connectivity index (χ4v) is 5.85. The summed E-state index contributed by atoms with van der Waals surface area (Å²) in [6.45, 7) is 8.79. The molecular formula is C31H33N5OS. The summed E-state index contributed by atoms with van der Waals surface area (Å²) >= 11 is 5.81. The Bertz CT molecular complexity index is 1460. The molecule has 1 saturated heterocycles. The molecular weight excluding hydrogens is 490 g/mol. The highest BCUT2D eigenvalue weighted by molar-refractivity contribution is 7.80. The van der Waals surface area contributed by atoms with Crippen LogP contribution in [0.2, 0.25) is 0 Å². The van der Waals surface area contributed by atoms with Gasteiger partial charge in [-0.2, -0.15) is 0 Å². The summed E-state index contributed by atoms with van der Waals surface area (Å²) in [5.41, 5.74) is 8.83. The number of anilines is 1.